The van der Waals surface area contributed by atoms with Crippen molar-refractivity contribution in [2.75, 3.05) is 32.4 Å². The Morgan fingerprint density at radius 2 is 1.74 bits per heavy atom. The minimum Gasteiger partial charge on any atom is -0.493 e. The van der Waals surface area contributed by atoms with Crippen LogP contribution >= 0.6 is 23.4 Å². The average molecular weight is 499 g/mol. The Morgan fingerprint density at radius 3 is 2.29 bits per heavy atom. The van der Waals surface area contributed by atoms with Crippen LogP contribution in [0, 0.1) is 17.2 Å². The normalized spacial score (nSPS) is 10.6. The number of thioether (sulfide) groups is 1. The number of methoxy groups -OCH3 is 3. The van der Waals surface area contributed by atoms with Gasteiger partial charge in [-0.3, -0.25) is 0 Å². The first-order chi connectivity index (χ1) is 16.4. The van der Waals surface area contributed by atoms with Crippen LogP contribution in [0.4, 0.5) is 11.5 Å². The molecule has 0 saturated heterocycles. The summed E-state index contributed by atoms with van der Waals surface area (Å²) in [4.78, 5) is 9.40. The molecule has 3 aromatic rings. The first kappa shape index (κ1) is 25.5. The van der Waals surface area contributed by atoms with Gasteiger partial charge in [0.2, 0.25) is 5.75 Å². The van der Waals surface area contributed by atoms with E-state index >= 15 is 0 Å². The maximum absolute atomic E-state index is 10.1. The molecule has 9 heteroatoms. The second-order valence-corrected chi connectivity index (χ2v) is 9.21. The van der Waals surface area contributed by atoms with Crippen molar-refractivity contribution < 1.29 is 14.2 Å². The van der Waals surface area contributed by atoms with Crippen molar-refractivity contribution in [3.05, 3.63) is 47.0 Å². The van der Waals surface area contributed by atoms with Gasteiger partial charge in [-0.1, -0.05) is 49.3 Å². The zero-order valence-corrected chi connectivity index (χ0v) is 21.4. The maximum atomic E-state index is 10.1. The first-order valence-corrected chi connectivity index (χ1v) is 12.0. The summed E-state index contributed by atoms with van der Waals surface area (Å²) in [5.41, 5.74) is 2.02. The molecule has 0 aliphatic carbocycles. The first-order valence-electron chi connectivity index (χ1n) is 10.7. The van der Waals surface area contributed by atoms with Gasteiger partial charge in [0.15, 0.2) is 22.5 Å². The van der Waals surface area contributed by atoms with Gasteiger partial charge >= 0.3 is 0 Å². The van der Waals surface area contributed by atoms with Gasteiger partial charge in [-0.05, 0) is 36.6 Å². The average Bonchev–Trinajstić information content (AvgIpc) is 2.83. The maximum Gasteiger partial charge on any atom is 0.203 e. The SMILES string of the molecule is COc1cc(-c2nc(SCCC(C)C)nc(Nc3ccccc3Cl)c2C#N)cc(OC)c1OC. The van der Waals surface area contributed by atoms with E-state index in [0.717, 1.165) is 12.2 Å². The number of ether oxygens (including phenoxy) is 3. The highest BCUT2D eigenvalue weighted by Crippen LogP contribution is 2.42. The number of hydrogen-bond donors (Lipinski definition) is 1. The summed E-state index contributed by atoms with van der Waals surface area (Å²) < 4.78 is 16.5. The second-order valence-electron chi connectivity index (χ2n) is 7.74. The van der Waals surface area contributed by atoms with Crippen LogP contribution in [0.5, 0.6) is 17.2 Å². The number of hydrogen-bond acceptors (Lipinski definition) is 8. The molecule has 1 N–H and O–H groups in total. The lowest BCUT2D eigenvalue weighted by Gasteiger charge is -2.16. The molecular weight excluding hydrogens is 472 g/mol. The van der Waals surface area contributed by atoms with Crippen molar-refractivity contribution in [3.8, 4) is 34.6 Å². The van der Waals surface area contributed by atoms with Crippen LogP contribution in [-0.4, -0.2) is 37.1 Å². The minimum atomic E-state index is 0.280. The van der Waals surface area contributed by atoms with E-state index in [1.165, 1.54) is 0 Å². The summed E-state index contributed by atoms with van der Waals surface area (Å²) in [6.45, 7) is 4.35. The Hall–Kier alpha value is -3.15. The lowest BCUT2D eigenvalue weighted by molar-refractivity contribution is 0.324. The number of halogens is 1. The van der Waals surface area contributed by atoms with Crippen molar-refractivity contribution in [2.24, 2.45) is 5.92 Å². The van der Waals surface area contributed by atoms with E-state index in [-0.39, 0.29) is 5.56 Å². The second kappa shape index (κ2) is 11.8. The number of nitriles is 1. The zero-order chi connectivity index (χ0) is 24.7. The molecule has 1 heterocycles. The number of nitrogens with zero attached hydrogens (tertiary/aromatic N) is 3. The Kier molecular flexibility index (Phi) is 8.85. The summed E-state index contributed by atoms with van der Waals surface area (Å²) in [6.07, 6.45) is 1.01. The van der Waals surface area contributed by atoms with E-state index in [1.54, 1.807) is 51.3 Å². The van der Waals surface area contributed by atoms with Crippen LogP contribution in [-0.2, 0) is 0 Å². The third-order valence-corrected chi connectivity index (χ3v) is 6.20. The van der Waals surface area contributed by atoms with E-state index in [1.807, 2.05) is 18.2 Å². The minimum absolute atomic E-state index is 0.280. The Balaban J connectivity index is 2.19. The molecule has 0 unspecified atom stereocenters. The predicted molar refractivity (Wildman–Crippen MR) is 137 cm³/mol. The molecule has 2 aromatic carbocycles. The van der Waals surface area contributed by atoms with Crippen molar-refractivity contribution >= 4 is 34.9 Å². The molecule has 0 amide bonds. The van der Waals surface area contributed by atoms with E-state index in [0.29, 0.717) is 56.1 Å². The van der Waals surface area contributed by atoms with Gasteiger partial charge in [0.05, 0.1) is 37.7 Å². The fraction of sp³-hybridized carbons (Fsp3) is 0.320. The molecule has 0 aliphatic heterocycles. The van der Waals surface area contributed by atoms with Crippen molar-refractivity contribution in [2.45, 2.75) is 25.4 Å². The van der Waals surface area contributed by atoms with Crippen molar-refractivity contribution in [3.63, 3.8) is 0 Å². The number of benzene rings is 2. The van der Waals surface area contributed by atoms with Crippen LogP contribution in [0.1, 0.15) is 25.8 Å². The van der Waals surface area contributed by atoms with Gasteiger partial charge in [0, 0.05) is 11.3 Å². The van der Waals surface area contributed by atoms with Gasteiger partial charge in [0.1, 0.15) is 11.6 Å². The number of nitrogens with one attached hydrogen (secondary N) is 1. The molecule has 0 bridgehead atoms. The van der Waals surface area contributed by atoms with E-state index in [4.69, 9.17) is 30.8 Å². The summed E-state index contributed by atoms with van der Waals surface area (Å²) in [5, 5.41) is 14.4. The quantitative estimate of drug-likeness (QED) is 0.248. The fourth-order valence-corrected chi connectivity index (χ4v) is 4.47. The van der Waals surface area contributed by atoms with Crippen LogP contribution in [0.25, 0.3) is 11.3 Å². The molecule has 1 aromatic heterocycles. The Bertz CT molecular complexity index is 1170. The molecule has 0 atom stereocenters. The standard InChI is InChI=1S/C25H27ClN4O3S/c1-15(2)10-11-34-25-29-22(16-12-20(31-3)23(33-5)21(13-16)32-4)17(14-27)24(30-25)28-19-9-7-6-8-18(19)26/h6-9,12-13,15H,10-11H2,1-5H3,(H,28,29,30). The van der Waals surface area contributed by atoms with Gasteiger partial charge in [-0.2, -0.15) is 5.26 Å². The van der Waals surface area contributed by atoms with Crippen LogP contribution < -0.4 is 19.5 Å². The molecule has 0 aliphatic rings. The van der Waals surface area contributed by atoms with E-state index in [9.17, 15) is 5.26 Å². The number of aromatic nitrogens is 2. The van der Waals surface area contributed by atoms with E-state index < -0.39 is 0 Å². The third kappa shape index (κ3) is 5.85. The largest absolute Gasteiger partial charge is 0.493 e. The Morgan fingerprint density at radius 1 is 1.06 bits per heavy atom. The molecule has 3 rings (SSSR count). The molecule has 0 spiro atoms. The third-order valence-electron chi connectivity index (χ3n) is 4.99. The van der Waals surface area contributed by atoms with Crippen LogP contribution in [0.15, 0.2) is 41.6 Å². The number of rotatable bonds is 10. The van der Waals surface area contributed by atoms with Gasteiger partial charge < -0.3 is 19.5 Å². The van der Waals surface area contributed by atoms with Gasteiger partial charge in [-0.15, -0.1) is 0 Å². The smallest absolute Gasteiger partial charge is 0.203 e. The van der Waals surface area contributed by atoms with Crippen LogP contribution in [0.2, 0.25) is 5.02 Å². The van der Waals surface area contributed by atoms with Crippen molar-refractivity contribution in [1.82, 2.24) is 9.97 Å². The van der Waals surface area contributed by atoms with Crippen molar-refractivity contribution in [1.29, 1.82) is 5.26 Å². The van der Waals surface area contributed by atoms with E-state index in [2.05, 4.69) is 30.2 Å². The number of anilines is 2. The Labute approximate surface area is 209 Å². The summed E-state index contributed by atoms with van der Waals surface area (Å²) in [7, 11) is 4.63. The molecule has 0 radical (unpaired) electrons. The summed E-state index contributed by atoms with van der Waals surface area (Å²) in [5.74, 6) is 3.18. The van der Waals surface area contributed by atoms with Crippen LogP contribution in [0.3, 0.4) is 0 Å². The molecule has 7 nitrogen and oxygen atoms in total. The summed E-state index contributed by atoms with van der Waals surface area (Å²) >= 11 is 7.90. The highest BCUT2D eigenvalue weighted by molar-refractivity contribution is 7.99. The predicted octanol–water partition coefficient (Wildman–Crippen LogP) is 6.58. The zero-order valence-electron chi connectivity index (χ0n) is 19.8. The fourth-order valence-electron chi connectivity index (χ4n) is 3.20. The van der Waals surface area contributed by atoms with Gasteiger partial charge in [0.25, 0.3) is 0 Å². The summed E-state index contributed by atoms with van der Waals surface area (Å²) in [6, 6.07) is 13.1. The highest BCUT2D eigenvalue weighted by atomic mass is 35.5. The monoisotopic (exact) mass is 498 g/mol. The lowest BCUT2D eigenvalue weighted by atomic mass is 10.1. The highest BCUT2D eigenvalue weighted by Gasteiger charge is 2.21. The molecular formula is C25H27ClN4O3S. The lowest BCUT2D eigenvalue weighted by Crippen LogP contribution is -2.05. The molecule has 0 saturated carbocycles. The van der Waals surface area contributed by atoms with Gasteiger partial charge in [-0.25, -0.2) is 9.97 Å². The molecule has 34 heavy (non-hydrogen) atoms. The topological polar surface area (TPSA) is 89.3 Å². The number of para-hydroxylation sites is 1. The molecule has 178 valence electrons. The molecule has 0 fully saturated rings.